The Hall–Kier alpha value is -4.10. The van der Waals surface area contributed by atoms with Gasteiger partial charge >= 0.3 is 0 Å². The number of aromatic amines is 1. The van der Waals surface area contributed by atoms with E-state index in [2.05, 4.69) is 20.6 Å². The topological polar surface area (TPSA) is 137 Å². The molecule has 3 aromatic rings. The maximum Gasteiger partial charge on any atom is 0.258 e. The van der Waals surface area contributed by atoms with Gasteiger partial charge in [-0.15, -0.1) is 0 Å². The second-order valence-electron chi connectivity index (χ2n) is 7.79. The van der Waals surface area contributed by atoms with Gasteiger partial charge in [-0.2, -0.15) is 5.26 Å². The number of carbonyl (C=O) groups is 1. The minimum atomic E-state index is -1.72. The number of nitrogens with one attached hydrogen (secondary N) is 3. The van der Waals surface area contributed by atoms with Crippen molar-refractivity contribution in [2.45, 2.75) is 23.2 Å². The molecular formula is C23H17FN6O2S. The van der Waals surface area contributed by atoms with E-state index in [1.54, 1.807) is 24.3 Å². The van der Waals surface area contributed by atoms with Gasteiger partial charge in [0.25, 0.3) is 5.56 Å². The van der Waals surface area contributed by atoms with Crippen LogP contribution in [0.1, 0.15) is 22.3 Å². The van der Waals surface area contributed by atoms with Gasteiger partial charge in [-0.05, 0) is 30.7 Å². The molecule has 5 N–H and O–H groups in total. The van der Waals surface area contributed by atoms with E-state index in [-0.39, 0.29) is 33.7 Å². The van der Waals surface area contributed by atoms with Gasteiger partial charge in [0.1, 0.15) is 28.9 Å². The number of hydrogen-bond donors (Lipinski definition) is 4. The molecule has 2 aliphatic rings. The summed E-state index contributed by atoms with van der Waals surface area (Å²) in [7, 11) is 0. The average molecular weight is 460 g/mol. The quantitative estimate of drug-likeness (QED) is 0.348. The number of H-pyrrole nitrogens is 1. The number of halogens is 1. The zero-order valence-corrected chi connectivity index (χ0v) is 18.1. The number of nitrogens with zero attached hydrogens (tertiary/aromatic N) is 2. The maximum atomic E-state index is 13.5. The third-order valence-corrected chi connectivity index (χ3v) is 6.66. The number of anilines is 2. The molecular weight excluding hydrogens is 443 g/mol. The monoisotopic (exact) mass is 460 g/mol. The fourth-order valence-electron chi connectivity index (χ4n) is 4.31. The van der Waals surface area contributed by atoms with Gasteiger partial charge in [-0.1, -0.05) is 41.6 Å². The highest BCUT2D eigenvalue weighted by molar-refractivity contribution is 7.98. The molecule has 0 bridgehead atoms. The van der Waals surface area contributed by atoms with Crippen LogP contribution in [0.2, 0.25) is 0 Å². The number of fused-ring (bicyclic) bond motifs is 4. The van der Waals surface area contributed by atoms with Gasteiger partial charge in [0.05, 0.1) is 11.1 Å². The first-order chi connectivity index (χ1) is 15.8. The molecule has 1 amide bonds. The molecule has 8 nitrogen and oxygen atoms in total. The van der Waals surface area contributed by atoms with Gasteiger partial charge in [0, 0.05) is 17.0 Å². The van der Waals surface area contributed by atoms with E-state index >= 15 is 0 Å². The van der Waals surface area contributed by atoms with E-state index in [9.17, 15) is 19.2 Å². The Labute approximate surface area is 191 Å². The molecule has 0 saturated heterocycles. The van der Waals surface area contributed by atoms with Crippen LogP contribution in [0.15, 0.2) is 63.8 Å². The van der Waals surface area contributed by atoms with Crippen molar-refractivity contribution in [3.63, 3.8) is 0 Å². The highest BCUT2D eigenvalue weighted by Crippen LogP contribution is 2.51. The van der Waals surface area contributed by atoms with Gasteiger partial charge in [0.2, 0.25) is 5.91 Å². The van der Waals surface area contributed by atoms with Crippen molar-refractivity contribution < 1.29 is 9.18 Å². The van der Waals surface area contributed by atoms with Crippen molar-refractivity contribution in [1.29, 1.82) is 5.26 Å². The van der Waals surface area contributed by atoms with Gasteiger partial charge in [-0.3, -0.25) is 9.59 Å². The number of amides is 1. The number of aryl methyl sites for hydroxylation is 1. The number of nitriles is 1. The Balaban J connectivity index is 1.66. The minimum Gasteiger partial charge on any atom is -0.384 e. The van der Waals surface area contributed by atoms with Crippen molar-refractivity contribution in [3.05, 3.63) is 92.3 Å². The van der Waals surface area contributed by atoms with E-state index in [0.717, 1.165) is 11.1 Å². The summed E-state index contributed by atoms with van der Waals surface area (Å²) < 4.78 is 13.5. The molecule has 10 heteroatoms. The van der Waals surface area contributed by atoms with Crippen LogP contribution < -0.4 is 21.9 Å². The summed E-state index contributed by atoms with van der Waals surface area (Å²) in [4.78, 5) is 33.9. The first kappa shape index (κ1) is 20.8. The number of rotatable bonds is 3. The maximum absolute atomic E-state index is 13.5. The van der Waals surface area contributed by atoms with Crippen LogP contribution in [0.3, 0.4) is 0 Å². The molecule has 2 aliphatic heterocycles. The van der Waals surface area contributed by atoms with Gasteiger partial charge in [0.15, 0.2) is 5.16 Å². The van der Waals surface area contributed by atoms with Crippen molar-refractivity contribution in [3.8, 4) is 6.07 Å². The van der Waals surface area contributed by atoms with Crippen molar-refractivity contribution in [2.75, 3.05) is 10.6 Å². The van der Waals surface area contributed by atoms with E-state index in [0.29, 0.717) is 17.0 Å². The third-order valence-electron chi connectivity index (χ3n) is 5.71. The summed E-state index contributed by atoms with van der Waals surface area (Å²) >= 11 is 1.20. The molecule has 5 rings (SSSR count). The minimum absolute atomic E-state index is 0.00482. The molecule has 3 heterocycles. The summed E-state index contributed by atoms with van der Waals surface area (Å²) in [5, 5.41) is 15.8. The summed E-state index contributed by atoms with van der Waals surface area (Å²) in [6.07, 6.45) is 0. The number of hydrogen-bond acceptors (Lipinski definition) is 7. The van der Waals surface area contributed by atoms with Gasteiger partial charge in [-0.25, -0.2) is 9.37 Å². The lowest BCUT2D eigenvalue weighted by Crippen LogP contribution is -2.47. The predicted molar refractivity (Wildman–Crippen MR) is 122 cm³/mol. The standard InChI is InChI=1S/C23H17FN6O2S/c1-11-5-6-16-14(7-11)23(21(32)27-16)15(9-25)18(26)28-19-17(23)20(31)30-22(29-19)33-10-12-3-2-4-13(24)8-12/h2-8H,10,26H2,1H3,(H,27,32)(H2,28,29,30,31)/t23-/m0/s1. The Bertz CT molecular complexity index is 1470. The predicted octanol–water partition coefficient (Wildman–Crippen LogP) is 2.87. The zero-order valence-electron chi connectivity index (χ0n) is 17.3. The molecule has 1 spiro atoms. The number of thioether (sulfide) groups is 1. The lowest BCUT2D eigenvalue weighted by Gasteiger charge is -2.33. The SMILES string of the molecule is Cc1ccc2c(c1)[C@]1(C(=O)N2)C(C#N)=C(N)Nc2nc(SCc3cccc(F)c3)[nH]c(=O)c21. The number of aromatic nitrogens is 2. The third kappa shape index (κ3) is 3.08. The second-order valence-corrected chi connectivity index (χ2v) is 8.76. The first-order valence-corrected chi connectivity index (χ1v) is 10.9. The molecule has 164 valence electrons. The summed E-state index contributed by atoms with van der Waals surface area (Å²) in [5.74, 6) is -0.484. The summed E-state index contributed by atoms with van der Waals surface area (Å²) in [5.41, 5.74) is 6.37. The Kier molecular flexibility index (Phi) is 4.72. The van der Waals surface area contributed by atoms with E-state index in [1.807, 2.05) is 19.1 Å². The molecule has 0 fully saturated rings. The molecule has 1 atom stereocenters. The van der Waals surface area contributed by atoms with Crippen molar-refractivity contribution in [1.82, 2.24) is 9.97 Å². The van der Waals surface area contributed by atoms with Gasteiger partial charge < -0.3 is 21.4 Å². The molecule has 0 aliphatic carbocycles. The first-order valence-electron chi connectivity index (χ1n) is 9.96. The lowest BCUT2D eigenvalue weighted by atomic mass is 9.69. The lowest BCUT2D eigenvalue weighted by molar-refractivity contribution is -0.118. The van der Waals surface area contributed by atoms with Crippen LogP contribution in [-0.4, -0.2) is 15.9 Å². The zero-order chi connectivity index (χ0) is 23.3. The highest BCUT2D eigenvalue weighted by Gasteiger charge is 2.57. The molecule has 0 saturated carbocycles. The van der Waals surface area contributed by atoms with Crippen LogP contribution >= 0.6 is 11.8 Å². The summed E-state index contributed by atoms with van der Waals surface area (Å²) in [6.45, 7) is 1.85. The summed E-state index contributed by atoms with van der Waals surface area (Å²) in [6, 6.07) is 13.5. The van der Waals surface area contributed by atoms with Crippen LogP contribution in [0.5, 0.6) is 0 Å². The number of carbonyl (C=O) groups excluding carboxylic acids is 1. The van der Waals surface area contributed by atoms with E-state index in [4.69, 9.17) is 5.73 Å². The molecule has 2 aromatic carbocycles. The fourth-order valence-corrected chi connectivity index (χ4v) is 5.11. The van der Waals surface area contributed by atoms with E-state index in [1.165, 1.54) is 23.9 Å². The molecule has 33 heavy (non-hydrogen) atoms. The Morgan fingerprint density at radius 1 is 1.21 bits per heavy atom. The van der Waals surface area contributed by atoms with E-state index < -0.39 is 16.9 Å². The van der Waals surface area contributed by atoms with Crippen LogP contribution in [0, 0.1) is 24.1 Å². The Morgan fingerprint density at radius 3 is 2.79 bits per heavy atom. The molecule has 1 aromatic heterocycles. The van der Waals surface area contributed by atoms with Crippen LogP contribution in [-0.2, 0) is 16.0 Å². The molecule has 0 unspecified atom stereocenters. The number of nitrogens with two attached hydrogens (primary N) is 1. The van der Waals surface area contributed by atoms with Crippen LogP contribution in [0.25, 0.3) is 0 Å². The van der Waals surface area contributed by atoms with Crippen LogP contribution in [0.4, 0.5) is 15.9 Å². The molecule has 0 radical (unpaired) electrons. The smallest absolute Gasteiger partial charge is 0.258 e. The van der Waals surface area contributed by atoms with Crippen molar-refractivity contribution in [2.24, 2.45) is 5.73 Å². The average Bonchev–Trinajstić information content (AvgIpc) is 3.04. The number of benzene rings is 2. The Morgan fingerprint density at radius 2 is 2.03 bits per heavy atom. The second kappa shape index (κ2) is 7.50. The normalized spacial score (nSPS) is 18.4. The largest absolute Gasteiger partial charge is 0.384 e. The van der Waals surface area contributed by atoms with Crippen molar-refractivity contribution >= 4 is 29.2 Å². The fraction of sp³-hybridized carbons (Fsp3) is 0.130. The highest BCUT2D eigenvalue weighted by atomic mass is 32.2.